The number of thiazole rings is 1. The van der Waals surface area contributed by atoms with Crippen LogP contribution in [0.2, 0.25) is 0 Å². The molecule has 0 bridgehead atoms. The third-order valence-electron chi connectivity index (χ3n) is 4.92. The average Bonchev–Trinajstić information content (AvgIpc) is 3.17. The van der Waals surface area contributed by atoms with E-state index in [1.165, 1.54) is 16.9 Å². The zero-order valence-corrected chi connectivity index (χ0v) is 17.3. The van der Waals surface area contributed by atoms with Crippen molar-refractivity contribution < 1.29 is 9.59 Å². The largest absolute Gasteiger partial charge is 0.339 e. The van der Waals surface area contributed by atoms with Gasteiger partial charge in [0.2, 0.25) is 5.91 Å². The van der Waals surface area contributed by atoms with Gasteiger partial charge in [0, 0.05) is 43.0 Å². The lowest BCUT2D eigenvalue weighted by atomic mass is 10.0. The predicted octanol–water partition coefficient (Wildman–Crippen LogP) is 3.87. The summed E-state index contributed by atoms with van der Waals surface area (Å²) in [4.78, 5) is 33.0. The van der Waals surface area contributed by atoms with Crippen molar-refractivity contribution in [3.8, 4) is 10.6 Å². The van der Waals surface area contributed by atoms with E-state index in [-0.39, 0.29) is 17.7 Å². The number of hydrogen-bond donors (Lipinski definition) is 0. The van der Waals surface area contributed by atoms with Crippen LogP contribution in [0.1, 0.15) is 49.7 Å². The molecule has 27 heavy (non-hydrogen) atoms. The summed E-state index contributed by atoms with van der Waals surface area (Å²) in [6, 6.07) is 8.37. The molecule has 1 aliphatic heterocycles. The Labute approximate surface area is 165 Å². The lowest BCUT2D eigenvalue weighted by Gasteiger charge is -2.35. The molecule has 1 saturated heterocycles. The zero-order valence-electron chi connectivity index (χ0n) is 16.4. The van der Waals surface area contributed by atoms with Gasteiger partial charge in [0.15, 0.2) is 0 Å². The Balaban J connectivity index is 1.64. The fraction of sp³-hybridized carbons (Fsp3) is 0.476. The molecule has 0 unspecified atom stereocenters. The maximum atomic E-state index is 12.8. The van der Waals surface area contributed by atoms with Crippen molar-refractivity contribution in [2.75, 3.05) is 26.2 Å². The Morgan fingerprint density at radius 2 is 1.56 bits per heavy atom. The second kappa shape index (κ2) is 8.21. The number of benzene rings is 1. The highest BCUT2D eigenvalue weighted by Gasteiger charge is 2.27. The van der Waals surface area contributed by atoms with Crippen LogP contribution in [-0.4, -0.2) is 52.8 Å². The Kier molecular flexibility index (Phi) is 5.95. The van der Waals surface area contributed by atoms with Crippen LogP contribution in [0.3, 0.4) is 0 Å². The second-order valence-electron chi connectivity index (χ2n) is 7.59. The summed E-state index contributed by atoms with van der Waals surface area (Å²) in [6.07, 6.45) is 0. The predicted molar refractivity (Wildman–Crippen MR) is 109 cm³/mol. The van der Waals surface area contributed by atoms with Crippen LogP contribution in [-0.2, 0) is 4.79 Å². The minimum absolute atomic E-state index is 0.00423. The standard InChI is InChI=1S/C21H27N3O2S/c1-14(2)16-5-7-17(8-6-16)19-22-18(13-27-19)21(26)24-11-9-23(10-12-24)20(25)15(3)4/h5-8,13-15H,9-12H2,1-4H3. The highest BCUT2D eigenvalue weighted by molar-refractivity contribution is 7.13. The first-order chi connectivity index (χ1) is 12.9. The minimum Gasteiger partial charge on any atom is -0.339 e. The molecule has 2 aromatic rings. The topological polar surface area (TPSA) is 53.5 Å². The quantitative estimate of drug-likeness (QED) is 0.803. The highest BCUT2D eigenvalue weighted by atomic mass is 32.1. The van der Waals surface area contributed by atoms with E-state index in [0.717, 1.165) is 10.6 Å². The Morgan fingerprint density at radius 1 is 0.963 bits per heavy atom. The van der Waals surface area contributed by atoms with Gasteiger partial charge in [-0.15, -0.1) is 11.3 Å². The van der Waals surface area contributed by atoms with E-state index in [0.29, 0.717) is 37.8 Å². The lowest BCUT2D eigenvalue weighted by Crippen LogP contribution is -2.51. The summed E-state index contributed by atoms with van der Waals surface area (Å²) >= 11 is 1.50. The van der Waals surface area contributed by atoms with Crippen molar-refractivity contribution in [3.05, 3.63) is 40.9 Å². The maximum Gasteiger partial charge on any atom is 0.273 e. The Bertz CT molecular complexity index is 803. The fourth-order valence-corrected chi connectivity index (χ4v) is 3.97. The molecule has 0 N–H and O–H groups in total. The summed E-state index contributed by atoms with van der Waals surface area (Å²) in [7, 11) is 0. The molecule has 0 saturated carbocycles. The number of piperazine rings is 1. The number of amides is 2. The molecule has 1 aromatic carbocycles. The molecule has 1 aliphatic rings. The van der Waals surface area contributed by atoms with Gasteiger partial charge in [-0.05, 0) is 11.5 Å². The van der Waals surface area contributed by atoms with Crippen LogP contribution in [0.25, 0.3) is 10.6 Å². The molecule has 5 nitrogen and oxygen atoms in total. The summed E-state index contributed by atoms with van der Waals surface area (Å²) < 4.78 is 0. The minimum atomic E-state index is -0.0482. The Hall–Kier alpha value is -2.21. The molecule has 0 radical (unpaired) electrons. The second-order valence-corrected chi connectivity index (χ2v) is 8.44. The summed E-state index contributed by atoms with van der Waals surface area (Å²) in [5.74, 6) is 0.597. The van der Waals surface area contributed by atoms with Crippen molar-refractivity contribution >= 4 is 23.2 Å². The molecule has 1 aromatic heterocycles. The maximum absolute atomic E-state index is 12.8. The van der Waals surface area contributed by atoms with Gasteiger partial charge < -0.3 is 9.80 Å². The number of carbonyl (C=O) groups excluding carboxylic acids is 2. The molecular formula is C21H27N3O2S. The smallest absolute Gasteiger partial charge is 0.273 e. The molecule has 1 fully saturated rings. The van der Waals surface area contributed by atoms with E-state index in [4.69, 9.17) is 0 Å². The molecule has 2 heterocycles. The molecule has 6 heteroatoms. The van der Waals surface area contributed by atoms with Crippen LogP contribution in [0.4, 0.5) is 0 Å². The van der Waals surface area contributed by atoms with Crippen LogP contribution in [0, 0.1) is 5.92 Å². The van der Waals surface area contributed by atoms with Crippen molar-refractivity contribution in [2.45, 2.75) is 33.6 Å². The molecular weight excluding hydrogens is 358 g/mol. The molecule has 0 spiro atoms. The first-order valence-electron chi connectivity index (χ1n) is 9.50. The van der Waals surface area contributed by atoms with E-state index >= 15 is 0 Å². The van der Waals surface area contributed by atoms with Crippen molar-refractivity contribution in [1.82, 2.24) is 14.8 Å². The average molecular weight is 386 g/mol. The van der Waals surface area contributed by atoms with Gasteiger partial charge in [-0.25, -0.2) is 4.98 Å². The fourth-order valence-electron chi connectivity index (χ4n) is 3.17. The summed E-state index contributed by atoms with van der Waals surface area (Å²) in [5, 5.41) is 2.70. The van der Waals surface area contributed by atoms with E-state index in [9.17, 15) is 9.59 Å². The summed E-state index contributed by atoms with van der Waals surface area (Å²) in [5.41, 5.74) is 2.82. The van der Waals surface area contributed by atoms with Gasteiger partial charge in [0.1, 0.15) is 10.7 Å². The highest BCUT2D eigenvalue weighted by Crippen LogP contribution is 2.26. The molecule has 2 amide bonds. The van der Waals surface area contributed by atoms with Crippen molar-refractivity contribution in [3.63, 3.8) is 0 Å². The first kappa shape index (κ1) is 19.5. The van der Waals surface area contributed by atoms with Gasteiger partial charge >= 0.3 is 0 Å². The molecule has 0 aliphatic carbocycles. The van der Waals surface area contributed by atoms with E-state index in [1.54, 1.807) is 4.90 Å². The number of nitrogens with zero attached hydrogens (tertiary/aromatic N) is 3. The number of aromatic nitrogens is 1. The van der Waals surface area contributed by atoms with Gasteiger partial charge in [-0.3, -0.25) is 9.59 Å². The van der Waals surface area contributed by atoms with Crippen molar-refractivity contribution in [1.29, 1.82) is 0 Å². The van der Waals surface area contributed by atoms with E-state index < -0.39 is 0 Å². The third kappa shape index (κ3) is 4.38. The lowest BCUT2D eigenvalue weighted by molar-refractivity contribution is -0.135. The van der Waals surface area contributed by atoms with Gasteiger partial charge in [-0.2, -0.15) is 0 Å². The molecule has 144 valence electrons. The van der Waals surface area contributed by atoms with E-state index in [2.05, 4.69) is 43.1 Å². The van der Waals surface area contributed by atoms with Gasteiger partial charge in [0.05, 0.1) is 0 Å². The van der Waals surface area contributed by atoms with Crippen LogP contribution in [0.5, 0.6) is 0 Å². The SMILES string of the molecule is CC(C)C(=O)N1CCN(C(=O)c2csc(-c3ccc(C(C)C)cc3)n2)CC1. The molecule has 0 atom stereocenters. The first-order valence-corrected chi connectivity index (χ1v) is 10.4. The normalized spacial score (nSPS) is 14.9. The number of hydrogen-bond acceptors (Lipinski definition) is 4. The molecule has 3 rings (SSSR count). The summed E-state index contributed by atoms with van der Waals surface area (Å²) in [6.45, 7) is 10.5. The van der Waals surface area contributed by atoms with E-state index in [1.807, 2.05) is 24.1 Å². The van der Waals surface area contributed by atoms with Crippen molar-refractivity contribution in [2.24, 2.45) is 5.92 Å². The van der Waals surface area contributed by atoms with Crippen LogP contribution in [0.15, 0.2) is 29.6 Å². The third-order valence-corrected chi connectivity index (χ3v) is 5.81. The van der Waals surface area contributed by atoms with Gasteiger partial charge in [0.25, 0.3) is 5.91 Å². The zero-order chi connectivity index (χ0) is 19.6. The Morgan fingerprint density at radius 3 is 2.11 bits per heavy atom. The number of rotatable bonds is 4. The van der Waals surface area contributed by atoms with Crippen LogP contribution < -0.4 is 0 Å². The number of carbonyl (C=O) groups is 2. The van der Waals surface area contributed by atoms with Crippen LogP contribution >= 0.6 is 11.3 Å². The van der Waals surface area contributed by atoms with Gasteiger partial charge in [-0.1, -0.05) is 52.0 Å². The monoisotopic (exact) mass is 385 g/mol.